The molecule has 36 heavy (non-hydrogen) atoms. The molecule has 3 heterocycles. The summed E-state index contributed by atoms with van der Waals surface area (Å²) in [6.07, 6.45) is 7.29. The van der Waals surface area contributed by atoms with Crippen LogP contribution in [0.2, 0.25) is 0 Å². The first-order chi connectivity index (χ1) is 17.6. The van der Waals surface area contributed by atoms with Crippen LogP contribution in [-0.2, 0) is 6.54 Å². The molecular formula is C28H37N7O. The van der Waals surface area contributed by atoms with Gasteiger partial charge in [-0.1, -0.05) is 25.5 Å². The van der Waals surface area contributed by atoms with Crippen LogP contribution >= 0.6 is 0 Å². The molecule has 0 spiro atoms. The highest BCUT2D eigenvalue weighted by Gasteiger charge is 2.26. The first kappa shape index (κ1) is 24.7. The van der Waals surface area contributed by atoms with Crippen LogP contribution in [0.4, 0.5) is 5.95 Å². The fraction of sp³-hybridized carbons (Fsp3) is 0.571. The van der Waals surface area contributed by atoms with Crippen molar-refractivity contribution in [2.45, 2.75) is 58.0 Å². The smallest absolute Gasteiger partial charge is 0.260 e. The molecule has 1 saturated heterocycles. The molecule has 190 valence electrons. The molecule has 8 nitrogen and oxygen atoms in total. The molecule has 2 aliphatic rings. The molecule has 5 rings (SSSR count). The molecule has 1 saturated carbocycles. The highest BCUT2D eigenvalue weighted by atomic mass is 16.1. The second-order valence-electron chi connectivity index (χ2n) is 10.5. The Morgan fingerprint density at radius 2 is 1.86 bits per heavy atom. The second-order valence-corrected chi connectivity index (χ2v) is 10.5. The quantitative estimate of drug-likeness (QED) is 0.395. The Morgan fingerprint density at radius 3 is 2.58 bits per heavy atom. The van der Waals surface area contributed by atoms with E-state index in [2.05, 4.69) is 58.3 Å². The minimum absolute atomic E-state index is 0.0244. The van der Waals surface area contributed by atoms with E-state index in [4.69, 9.17) is 4.98 Å². The number of nitrogens with one attached hydrogen (secondary N) is 1. The number of likely N-dealkylation sites (N-methyl/N-ethyl adjacent to an activating group) is 1. The Kier molecular flexibility index (Phi) is 7.49. The van der Waals surface area contributed by atoms with E-state index in [1.807, 2.05) is 10.8 Å². The van der Waals surface area contributed by atoms with Crippen LogP contribution in [-0.4, -0.2) is 64.1 Å². The third kappa shape index (κ3) is 5.09. The normalized spacial score (nSPS) is 21.6. The van der Waals surface area contributed by atoms with E-state index in [9.17, 15) is 10.1 Å². The monoisotopic (exact) mass is 487 g/mol. The lowest BCUT2D eigenvalue weighted by molar-refractivity contribution is 0.148. The minimum atomic E-state index is 0.0244. The molecule has 0 atom stereocenters. The summed E-state index contributed by atoms with van der Waals surface area (Å²) in [5.41, 5.74) is 1.90. The van der Waals surface area contributed by atoms with Gasteiger partial charge < -0.3 is 10.2 Å². The summed E-state index contributed by atoms with van der Waals surface area (Å²) in [7, 11) is 2.16. The first-order valence-electron chi connectivity index (χ1n) is 13.5. The molecule has 0 unspecified atom stereocenters. The second kappa shape index (κ2) is 10.9. The topological polar surface area (TPSA) is 90.1 Å². The van der Waals surface area contributed by atoms with E-state index in [1.54, 1.807) is 0 Å². The number of hydrogen-bond donors (Lipinski definition) is 1. The minimum Gasteiger partial charge on any atom is -0.354 e. The van der Waals surface area contributed by atoms with Gasteiger partial charge in [-0.3, -0.25) is 14.3 Å². The Bertz CT molecular complexity index is 1310. The van der Waals surface area contributed by atoms with Gasteiger partial charge in [-0.15, -0.1) is 0 Å². The van der Waals surface area contributed by atoms with E-state index in [-0.39, 0.29) is 17.5 Å². The van der Waals surface area contributed by atoms with E-state index in [0.717, 1.165) is 94.0 Å². The van der Waals surface area contributed by atoms with Crippen LogP contribution in [0.25, 0.3) is 21.8 Å². The zero-order chi connectivity index (χ0) is 25.1. The summed E-state index contributed by atoms with van der Waals surface area (Å²) in [6, 6.07) is 8.77. The third-order valence-corrected chi connectivity index (χ3v) is 7.88. The van der Waals surface area contributed by atoms with Crippen molar-refractivity contribution in [1.82, 2.24) is 24.3 Å². The van der Waals surface area contributed by atoms with Gasteiger partial charge >= 0.3 is 0 Å². The first-order valence-corrected chi connectivity index (χ1v) is 13.5. The summed E-state index contributed by atoms with van der Waals surface area (Å²) in [4.78, 5) is 28.3. The summed E-state index contributed by atoms with van der Waals surface area (Å²) in [6.45, 7) is 8.04. The standard InChI is InChI=1S/C28H37N7O/c1-3-4-11-30-28-31-18-25-23-10-7-21(19-34-14-12-33(2)13-15-34)16-24(23)27(36)35(26(25)32-28)22-8-5-20(17-29)6-9-22/h7,10,16,18,20,22H,3-6,8-9,11-15,19H2,1-2H3,(H,30,31,32)/t20-,22-. The molecule has 8 heteroatoms. The van der Waals surface area contributed by atoms with Crippen LogP contribution in [0, 0.1) is 17.2 Å². The Labute approximate surface area is 212 Å². The number of benzene rings is 1. The fourth-order valence-corrected chi connectivity index (χ4v) is 5.60. The average Bonchev–Trinajstić information content (AvgIpc) is 2.91. The molecule has 1 aliphatic heterocycles. The largest absolute Gasteiger partial charge is 0.354 e. The molecular weight excluding hydrogens is 450 g/mol. The van der Waals surface area contributed by atoms with Crippen molar-refractivity contribution in [2.24, 2.45) is 5.92 Å². The van der Waals surface area contributed by atoms with E-state index in [0.29, 0.717) is 11.6 Å². The van der Waals surface area contributed by atoms with Crippen molar-refractivity contribution in [3.05, 3.63) is 40.3 Å². The van der Waals surface area contributed by atoms with E-state index < -0.39 is 0 Å². The Morgan fingerprint density at radius 1 is 1.08 bits per heavy atom. The van der Waals surface area contributed by atoms with E-state index in [1.165, 1.54) is 5.56 Å². The zero-order valence-electron chi connectivity index (χ0n) is 21.5. The number of fused-ring (bicyclic) bond motifs is 3. The number of piperazine rings is 1. The number of pyridine rings is 1. The van der Waals surface area contributed by atoms with Crippen molar-refractivity contribution in [2.75, 3.05) is 45.1 Å². The van der Waals surface area contributed by atoms with Gasteiger partial charge in [0.2, 0.25) is 5.95 Å². The van der Waals surface area contributed by atoms with Gasteiger partial charge in [0.1, 0.15) is 5.65 Å². The fourth-order valence-electron chi connectivity index (χ4n) is 5.60. The van der Waals surface area contributed by atoms with Crippen molar-refractivity contribution in [1.29, 1.82) is 5.26 Å². The van der Waals surface area contributed by atoms with Crippen LogP contribution < -0.4 is 10.9 Å². The lowest BCUT2D eigenvalue weighted by atomic mass is 9.86. The highest BCUT2D eigenvalue weighted by molar-refractivity contribution is 6.04. The van der Waals surface area contributed by atoms with Gasteiger partial charge in [-0.05, 0) is 56.2 Å². The molecule has 3 aromatic rings. The van der Waals surface area contributed by atoms with Crippen LogP contribution in [0.3, 0.4) is 0 Å². The van der Waals surface area contributed by atoms with Crippen molar-refractivity contribution >= 4 is 27.8 Å². The number of rotatable bonds is 7. The maximum Gasteiger partial charge on any atom is 0.260 e. The van der Waals surface area contributed by atoms with Crippen LogP contribution in [0.15, 0.2) is 29.2 Å². The summed E-state index contributed by atoms with van der Waals surface area (Å²) >= 11 is 0. The summed E-state index contributed by atoms with van der Waals surface area (Å²) in [5.74, 6) is 0.653. The Balaban J connectivity index is 1.57. The predicted octanol–water partition coefficient (Wildman–Crippen LogP) is 4.16. The van der Waals surface area contributed by atoms with Crippen molar-refractivity contribution in [3.8, 4) is 6.07 Å². The Hall–Kier alpha value is -3.02. The molecule has 0 amide bonds. The van der Waals surface area contributed by atoms with Crippen LogP contribution in [0.5, 0.6) is 0 Å². The van der Waals surface area contributed by atoms with Crippen LogP contribution in [0.1, 0.15) is 57.1 Å². The number of anilines is 1. The van der Waals surface area contributed by atoms with E-state index >= 15 is 0 Å². The number of aromatic nitrogens is 3. The van der Waals surface area contributed by atoms with Gasteiger partial charge in [0.05, 0.1) is 6.07 Å². The number of nitriles is 1. The molecule has 2 aromatic heterocycles. The molecule has 0 radical (unpaired) electrons. The summed E-state index contributed by atoms with van der Waals surface area (Å²) in [5, 5.41) is 15.3. The third-order valence-electron chi connectivity index (χ3n) is 7.88. The lowest BCUT2D eigenvalue weighted by Gasteiger charge is -2.32. The predicted molar refractivity (Wildman–Crippen MR) is 144 cm³/mol. The number of unbranched alkanes of at least 4 members (excludes halogenated alkanes) is 1. The number of hydrogen-bond acceptors (Lipinski definition) is 7. The highest BCUT2D eigenvalue weighted by Crippen LogP contribution is 2.34. The molecule has 1 N–H and O–H groups in total. The molecule has 1 aromatic carbocycles. The molecule has 0 bridgehead atoms. The summed E-state index contributed by atoms with van der Waals surface area (Å²) < 4.78 is 1.91. The molecule has 1 aliphatic carbocycles. The maximum atomic E-state index is 14.0. The van der Waals surface area contributed by atoms with Gasteiger partial charge in [-0.2, -0.15) is 10.2 Å². The number of nitrogens with zero attached hydrogens (tertiary/aromatic N) is 6. The van der Waals surface area contributed by atoms with Gasteiger partial charge in [0.25, 0.3) is 5.56 Å². The van der Waals surface area contributed by atoms with Crippen molar-refractivity contribution in [3.63, 3.8) is 0 Å². The molecule has 2 fully saturated rings. The SMILES string of the molecule is CCCCNc1ncc2c3ccc(CN4CCN(C)CC4)cc3c(=O)n([C@H]3CC[C@H](C#N)CC3)c2n1. The zero-order valence-corrected chi connectivity index (χ0v) is 21.5. The van der Waals surface area contributed by atoms with Gasteiger partial charge in [0.15, 0.2) is 0 Å². The van der Waals surface area contributed by atoms with Gasteiger partial charge in [-0.25, -0.2) is 4.98 Å². The average molecular weight is 488 g/mol. The lowest BCUT2D eigenvalue weighted by Crippen LogP contribution is -2.43. The maximum absolute atomic E-state index is 14.0. The van der Waals surface area contributed by atoms with Gasteiger partial charge in [0, 0.05) is 68.2 Å². The van der Waals surface area contributed by atoms with Crippen molar-refractivity contribution < 1.29 is 0 Å².